The number of aliphatic hydroxyl groups is 6. The summed E-state index contributed by atoms with van der Waals surface area (Å²) in [5.41, 5.74) is 4.15. The topological polar surface area (TPSA) is 175 Å². The predicted octanol–water partition coefficient (Wildman–Crippen LogP) is 2.81. The molecule has 0 saturated heterocycles. The first-order valence-electron chi connectivity index (χ1n) is 15.7. The van der Waals surface area contributed by atoms with Gasteiger partial charge in [0.05, 0.1) is 26.4 Å². The average molecular weight is 663 g/mol. The molecular formula is C37H42O11. The molecule has 11 heteroatoms. The van der Waals surface area contributed by atoms with Gasteiger partial charge in [-0.05, 0) is 83.6 Å². The van der Waals surface area contributed by atoms with Crippen LogP contribution in [0.2, 0.25) is 0 Å². The van der Waals surface area contributed by atoms with E-state index in [0.29, 0.717) is 67.5 Å². The van der Waals surface area contributed by atoms with Crippen molar-refractivity contribution in [1.82, 2.24) is 0 Å². The first-order valence-corrected chi connectivity index (χ1v) is 15.7. The van der Waals surface area contributed by atoms with Gasteiger partial charge in [0.15, 0.2) is 5.78 Å². The van der Waals surface area contributed by atoms with Crippen molar-refractivity contribution in [3.05, 3.63) is 95.1 Å². The molecule has 256 valence electrons. The largest absolute Gasteiger partial charge is 0.491 e. The minimum atomic E-state index is -0.345. The van der Waals surface area contributed by atoms with Crippen LogP contribution in [0.15, 0.2) is 72.8 Å². The molecule has 0 aliphatic heterocycles. The molecule has 0 radical (unpaired) electrons. The monoisotopic (exact) mass is 662 g/mol. The van der Waals surface area contributed by atoms with Gasteiger partial charge in [-0.1, -0.05) is 24.3 Å². The van der Waals surface area contributed by atoms with E-state index in [0.717, 1.165) is 0 Å². The van der Waals surface area contributed by atoms with Crippen molar-refractivity contribution in [2.45, 2.75) is 12.8 Å². The predicted molar refractivity (Wildman–Crippen MR) is 179 cm³/mol. The lowest BCUT2D eigenvalue weighted by Gasteiger charge is -2.22. The Morgan fingerprint density at radius 1 is 0.438 bits per heavy atom. The van der Waals surface area contributed by atoms with E-state index in [4.69, 9.17) is 29.2 Å². The van der Waals surface area contributed by atoms with Gasteiger partial charge in [-0.3, -0.25) is 4.79 Å². The van der Waals surface area contributed by atoms with E-state index >= 15 is 0 Å². The molecule has 0 aliphatic carbocycles. The molecular weight excluding hydrogens is 620 g/mol. The molecule has 0 aromatic heterocycles. The van der Waals surface area contributed by atoms with Crippen LogP contribution in [-0.4, -0.2) is 102 Å². The normalized spacial score (nSPS) is 11.0. The molecule has 4 rings (SSSR count). The van der Waals surface area contributed by atoms with Gasteiger partial charge in [0, 0.05) is 35.5 Å². The Morgan fingerprint density at radius 3 is 1.12 bits per heavy atom. The first-order chi connectivity index (χ1) is 23.5. The van der Waals surface area contributed by atoms with Gasteiger partial charge in [0.2, 0.25) is 0 Å². The quantitative estimate of drug-likeness (QED) is 0.0768. The summed E-state index contributed by atoms with van der Waals surface area (Å²) in [6, 6.07) is 20.6. The number of ketones is 1. The number of carbonyl (C=O) groups is 1. The molecule has 4 aromatic rings. The Labute approximate surface area is 279 Å². The first kappa shape index (κ1) is 36.3. The van der Waals surface area contributed by atoms with Crippen molar-refractivity contribution in [3.63, 3.8) is 0 Å². The third-order valence-electron chi connectivity index (χ3n) is 7.46. The maximum absolute atomic E-state index is 14.8. The van der Waals surface area contributed by atoms with E-state index in [1.54, 1.807) is 72.8 Å². The van der Waals surface area contributed by atoms with Crippen LogP contribution in [-0.2, 0) is 12.8 Å². The number of hydrogen-bond acceptors (Lipinski definition) is 11. The van der Waals surface area contributed by atoms with Crippen molar-refractivity contribution < 1.29 is 54.4 Å². The van der Waals surface area contributed by atoms with Crippen LogP contribution in [0.4, 0.5) is 0 Å². The molecule has 48 heavy (non-hydrogen) atoms. The zero-order chi connectivity index (χ0) is 34.3. The van der Waals surface area contributed by atoms with Crippen LogP contribution in [0.5, 0.6) is 23.0 Å². The Kier molecular flexibility index (Phi) is 14.2. The number of aliphatic hydroxyl groups excluding tert-OH is 6. The van der Waals surface area contributed by atoms with Gasteiger partial charge in [-0.25, -0.2) is 0 Å². The van der Waals surface area contributed by atoms with Gasteiger partial charge in [-0.2, -0.15) is 0 Å². The molecule has 0 bridgehead atoms. The maximum atomic E-state index is 14.8. The van der Waals surface area contributed by atoms with Gasteiger partial charge >= 0.3 is 0 Å². The number of benzene rings is 4. The van der Waals surface area contributed by atoms with E-state index in [-0.39, 0.29) is 84.7 Å². The van der Waals surface area contributed by atoms with E-state index in [2.05, 4.69) is 0 Å². The van der Waals surface area contributed by atoms with Gasteiger partial charge in [0.25, 0.3) is 0 Å². The Balaban J connectivity index is 1.96. The van der Waals surface area contributed by atoms with E-state index < -0.39 is 0 Å². The fourth-order valence-electron chi connectivity index (χ4n) is 5.50. The van der Waals surface area contributed by atoms with Gasteiger partial charge in [0.1, 0.15) is 49.4 Å². The van der Waals surface area contributed by atoms with Crippen molar-refractivity contribution in [1.29, 1.82) is 0 Å². The van der Waals surface area contributed by atoms with Gasteiger partial charge < -0.3 is 49.6 Å². The fourth-order valence-corrected chi connectivity index (χ4v) is 5.50. The summed E-state index contributed by atoms with van der Waals surface area (Å²) in [5, 5.41) is 57.4. The second kappa shape index (κ2) is 18.7. The molecule has 0 aliphatic rings. The molecule has 11 nitrogen and oxygen atoms in total. The molecule has 4 aromatic carbocycles. The second-order valence-electron chi connectivity index (χ2n) is 10.5. The zero-order valence-corrected chi connectivity index (χ0v) is 26.6. The standard InChI is InChI=1S/C37H42O11/c38-15-13-29-33(47-23-19-42)11-9-31(35(29)25-1-5-27(6-2-25)45-21-17-40)37(44)32-10-12-34(48-24-20-43)30(14-16-39)36(32)26-3-7-28(8-4-26)46-22-18-41/h1-12,38-43H,13-24H2. The number of ether oxygens (including phenoxy) is 4. The number of carbonyl (C=O) groups excluding carboxylic acids is 1. The van der Waals surface area contributed by atoms with E-state index in [1.807, 2.05) is 0 Å². The average Bonchev–Trinajstić information content (AvgIpc) is 3.12. The highest BCUT2D eigenvalue weighted by molar-refractivity contribution is 6.17. The zero-order valence-electron chi connectivity index (χ0n) is 26.6. The van der Waals surface area contributed by atoms with Crippen LogP contribution in [0.3, 0.4) is 0 Å². The third kappa shape index (κ3) is 8.90. The Bertz CT molecular complexity index is 1480. The molecule has 0 spiro atoms. The molecule has 0 fully saturated rings. The summed E-state index contributed by atoms with van der Waals surface area (Å²) >= 11 is 0. The SMILES string of the molecule is O=C(c1ccc(OCCO)c(CCO)c1-c1ccc(OCCO)cc1)c1ccc(OCCO)c(CCO)c1-c1ccc(OCCO)cc1. The van der Waals surface area contributed by atoms with Crippen molar-refractivity contribution >= 4 is 5.78 Å². The summed E-state index contributed by atoms with van der Waals surface area (Å²) in [7, 11) is 0. The van der Waals surface area contributed by atoms with Crippen molar-refractivity contribution in [2.75, 3.05) is 66.1 Å². The lowest BCUT2D eigenvalue weighted by molar-refractivity contribution is 0.103. The third-order valence-corrected chi connectivity index (χ3v) is 7.46. The van der Waals surface area contributed by atoms with Crippen LogP contribution in [0, 0.1) is 0 Å². The summed E-state index contributed by atoms with van der Waals surface area (Å²) in [6.07, 6.45) is 0.317. The summed E-state index contributed by atoms with van der Waals surface area (Å²) in [6.45, 7) is -0.932. The number of rotatable bonds is 20. The molecule has 0 unspecified atom stereocenters. The molecule has 0 amide bonds. The lowest BCUT2D eigenvalue weighted by Crippen LogP contribution is -2.13. The smallest absolute Gasteiger partial charge is 0.194 e. The number of hydrogen-bond donors (Lipinski definition) is 6. The summed E-state index contributed by atoms with van der Waals surface area (Å²) < 4.78 is 22.8. The molecule has 0 atom stereocenters. The van der Waals surface area contributed by atoms with Crippen molar-refractivity contribution in [3.8, 4) is 45.3 Å². The van der Waals surface area contributed by atoms with E-state index in [1.165, 1.54) is 0 Å². The molecule has 0 saturated carbocycles. The fraction of sp³-hybridized carbons (Fsp3) is 0.324. The van der Waals surface area contributed by atoms with Gasteiger partial charge in [-0.15, -0.1) is 0 Å². The minimum absolute atomic E-state index is 0.0150. The molecule has 0 heterocycles. The van der Waals surface area contributed by atoms with Crippen LogP contribution >= 0.6 is 0 Å². The maximum Gasteiger partial charge on any atom is 0.194 e. The Hall–Kier alpha value is -4.49. The second-order valence-corrected chi connectivity index (χ2v) is 10.5. The lowest BCUT2D eigenvalue weighted by atomic mass is 9.84. The highest BCUT2D eigenvalue weighted by atomic mass is 16.5. The van der Waals surface area contributed by atoms with Crippen molar-refractivity contribution in [2.24, 2.45) is 0 Å². The molecule has 6 N–H and O–H groups in total. The van der Waals surface area contributed by atoms with Crippen LogP contribution in [0.1, 0.15) is 27.0 Å². The highest BCUT2D eigenvalue weighted by Gasteiger charge is 2.26. The Morgan fingerprint density at radius 2 is 0.792 bits per heavy atom. The highest BCUT2D eigenvalue weighted by Crippen LogP contribution is 2.41. The summed E-state index contributed by atoms with van der Waals surface area (Å²) in [5.74, 6) is 1.54. The van der Waals surface area contributed by atoms with E-state index in [9.17, 15) is 25.2 Å². The minimum Gasteiger partial charge on any atom is -0.491 e. The van der Waals surface area contributed by atoms with Crippen LogP contribution in [0.25, 0.3) is 22.3 Å². The van der Waals surface area contributed by atoms with Crippen LogP contribution < -0.4 is 18.9 Å². The summed E-state index contributed by atoms with van der Waals surface area (Å²) in [4.78, 5) is 14.8.